The van der Waals surface area contributed by atoms with E-state index in [1.165, 1.54) is 42.5 Å². The summed E-state index contributed by atoms with van der Waals surface area (Å²) in [4.78, 5) is 57.0. The second-order valence-corrected chi connectivity index (χ2v) is 15.0. The topological polar surface area (TPSA) is 139 Å². The molecule has 1 spiro atoms. The number of rotatable bonds is 9. The Morgan fingerprint density at radius 2 is 1.67 bits per heavy atom. The minimum absolute atomic E-state index is 0.0368. The number of nitrogens with one attached hydrogen (secondary N) is 2. The van der Waals surface area contributed by atoms with Crippen molar-refractivity contribution in [2.75, 3.05) is 11.2 Å². The zero-order chi connectivity index (χ0) is 36.1. The maximum Gasteiger partial charge on any atom is 0.277 e. The van der Waals surface area contributed by atoms with Crippen molar-refractivity contribution in [2.24, 2.45) is 0 Å². The number of imide groups is 1. The summed E-state index contributed by atoms with van der Waals surface area (Å²) >= 11 is 13.0. The fourth-order valence-corrected chi connectivity index (χ4v) is 7.94. The Bertz CT molecular complexity index is 1990. The van der Waals surface area contributed by atoms with Gasteiger partial charge in [0.05, 0.1) is 18.0 Å². The number of hydrogen-bond donors (Lipinski definition) is 2. The molecule has 1 fully saturated rings. The van der Waals surface area contributed by atoms with Crippen molar-refractivity contribution in [2.45, 2.75) is 76.4 Å². The standard InChI is InChI=1S/C35H36Cl2FN3O7S/c1-6-30(43)41-27-16-21(37)10-13-25(27)35(33(41)45)26(18-29(42)39-31(35)23-17-22(38)12-9-19(23)4)24-15-20(36)11-14-28(24)48-34(7-2,8-3)32(44)40-49(5,46)47/h9-17,26,31H,6-8,18H2,1-5H3,(H,39,42)(H,40,44)/t26-,31-,35+/m1/s1. The van der Waals surface area contributed by atoms with E-state index >= 15 is 4.79 Å². The van der Waals surface area contributed by atoms with Crippen LogP contribution < -0.4 is 19.7 Å². The fraction of sp³-hybridized carbons (Fsp3) is 0.371. The average molecular weight is 733 g/mol. The lowest BCUT2D eigenvalue weighted by atomic mass is 9.58. The number of piperidine rings is 1. The molecule has 10 nitrogen and oxygen atoms in total. The lowest BCUT2D eigenvalue weighted by Gasteiger charge is -2.47. The van der Waals surface area contributed by atoms with Gasteiger partial charge in [0.2, 0.25) is 27.7 Å². The maximum atomic E-state index is 15.2. The molecule has 0 aliphatic carbocycles. The molecule has 1 saturated heterocycles. The number of ether oxygens (including phenoxy) is 1. The minimum atomic E-state index is -3.97. The highest BCUT2D eigenvalue weighted by atomic mass is 35.5. The number of nitrogens with zero attached hydrogens (tertiary/aromatic N) is 1. The van der Waals surface area contributed by atoms with E-state index in [0.29, 0.717) is 16.7 Å². The first-order chi connectivity index (χ1) is 23.0. The molecule has 0 unspecified atom stereocenters. The van der Waals surface area contributed by atoms with Crippen molar-refractivity contribution < 1.29 is 36.7 Å². The molecule has 0 bridgehead atoms. The van der Waals surface area contributed by atoms with E-state index in [-0.39, 0.29) is 52.7 Å². The van der Waals surface area contributed by atoms with Gasteiger partial charge < -0.3 is 10.1 Å². The SMILES string of the molecule is CCC(=O)N1C(=O)[C@@]2(c3ccc(Cl)cc31)[C@@H](c1cc(Cl)ccc1OC(CC)(CC)C(=O)NS(C)(=O)=O)CC(=O)N[C@@H]2c1cc(F)ccc1C. The summed E-state index contributed by atoms with van der Waals surface area (Å²) in [5.74, 6) is -4.22. The molecule has 5 rings (SSSR count). The molecule has 3 atom stereocenters. The first-order valence-corrected chi connectivity index (χ1v) is 18.4. The Morgan fingerprint density at radius 3 is 2.31 bits per heavy atom. The molecule has 4 amide bonds. The van der Waals surface area contributed by atoms with E-state index in [1.807, 2.05) is 4.72 Å². The van der Waals surface area contributed by atoms with Gasteiger partial charge >= 0.3 is 0 Å². The predicted molar refractivity (Wildman–Crippen MR) is 184 cm³/mol. The molecule has 2 aliphatic rings. The monoisotopic (exact) mass is 731 g/mol. The third-order valence-electron chi connectivity index (χ3n) is 9.49. The van der Waals surface area contributed by atoms with Crippen LogP contribution >= 0.6 is 23.2 Å². The van der Waals surface area contributed by atoms with Crippen molar-refractivity contribution in [1.82, 2.24) is 10.0 Å². The van der Waals surface area contributed by atoms with Crippen molar-refractivity contribution >= 4 is 62.5 Å². The van der Waals surface area contributed by atoms with Crippen LogP contribution in [-0.2, 0) is 34.6 Å². The molecule has 0 radical (unpaired) electrons. The number of hydrogen-bond acceptors (Lipinski definition) is 7. The average Bonchev–Trinajstić information content (AvgIpc) is 3.28. The molecule has 14 heteroatoms. The van der Waals surface area contributed by atoms with Crippen LogP contribution in [0.3, 0.4) is 0 Å². The lowest BCUT2D eigenvalue weighted by Crippen LogP contribution is -2.59. The van der Waals surface area contributed by atoms with Crippen LogP contribution in [0.25, 0.3) is 0 Å². The third-order valence-corrected chi connectivity index (χ3v) is 10.5. The molecule has 3 aromatic carbocycles. The predicted octanol–water partition coefficient (Wildman–Crippen LogP) is 6.02. The number of benzene rings is 3. The zero-order valence-electron chi connectivity index (χ0n) is 27.5. The molecule has 3 aromatic rings. The van der Waals surface area contributed by atoms with Crippen molar-refractivity contribution in [3.05, 3.63) is 92.7 Å². The largest absolute Gasteiger partial charge is 0.477 e. The van der Waals surface area contributed by atoms with Gasteiger partial charge in [-0.3, -0.25) is 19.2 Å². The number of halogens is 3. The Kier molecular flexibility index (Phi) is 9.90. The normalized spacial score (nSPS) is 20.6. The number of carbonyl (C=O) groups excluding carboxylic acids is 4. The number of anilines is 1. The van der Waals surface area contributed by atoms with Crippen LogP contribution in [0.5, 0.6) is 5.75 Å². The van der Waals surface area contributed by atoms with E-state index in [2.05, 4.69) is 5.32 Å². The Hall–Kier alpha value is -4.00. The minimum Gasteiger partial charge on any atom is -0.477 e. The molecule has 2 aliphatic heterocycles. The van der Waals surface area contributed by atoms with E-state index in [4.69, 9.17) is 27.9 Å². The van der Waals surface area contributed by atoms with Crippen LogP contribution in [0, 0.1) is 12.7 Å². The Balaban J connectivity index is 1.85. The van der Waals surface area contributed by atoms with Gasteiger partial charge in [0.25, 0.3) is 5.91 Å². The summed E-state index contributed by atoms with van der Waals surface area (Å²) in [7, 11) is -3.97. The van der Waals surface area contributed by atoms with E-state index in [1.54, 1.807) is 39.8 Å². The van der Waals surface area contributed by atoms with Crippen molar-refractivity contribution in [3.8, 4) is 5.75 Å². The molecule has 2 N–H and O–H groups in total. The highest BCUT2D eigenvalue weighted by Crippen LogP contribution is 2.61. The van der Waals surface area contributed by atoms with Gasteiger partial charge in [-0.2, -0.15) is 0 Å². The third kappa shape index (κ3) is 6.30. The lowest BCUT2D eigenvalue weighted by molar-refractivity contribution is -0.137. The first-order valence-electron chi connectivity index (χ1n) is 15.8. The van der Waals surface area contributed by atoms with Gasteiger partial charge in [0, 0.05) is 34.4 Å². The highest BCUT2D eigenvalue weighted by Gasteiger charge is 2.65. The van der Waals surface area contributed by atoms with Crippen LogP contribution in [0.1, 0.15) is 80.7 Å². The molecule has 0 aromatic heterocycles. The van der Waals surface area contributed by atoms with E-state index in [9.17, 15) is 27.2 Å². The molecule has 0 saturated carbocycles. The summed E-state index contributed by atoms with van der Waals surface area (Å²) in [5, 5.41) is 3.41. The number of carbonyl (C=O) groups is 4. The molecule has 2 heterocycles. The van der Waals surface area contributed by atoms with Gasteiger partial charge in [-0.1, -0.05) is 56.1 Å². The van der Waals surface area contributed by atoms with Crippen LogP contribution in [0.2, 0.25) is 10.0 Å². The number of fused-ring (bicyclic) bond motifs is 2. The van der Waals surface area contributed by atoms with Crippen LogP contribution in [-0.4, -0.2) is 43.9 Å². The van der Waals surface area contributed by atoms with E-state index in [0.717, 1.165) is 11.2 Å². The molecular weight excluding hydrogens is 696 g/mol. The quantitative estimate of drug-likeness (QED) is 0.275. The van der Waals surface area contributed by atoms with Crippen LogP contribution in [0.15, 0.2) is 54.6 Å². The van der Waals surface area contributed by atoms with Gasteiger partial charge in [-0.05, 0) is 78.9 Å². The molecule has 49 heavy (non-hydrogen) atoms. The summed E-state index contributed by atoms with van der Waals surface area (Å²) in [6.45, 7) is 6.65. The first kappa shape index (κ1) is 36.3. The Morgan fingerprint density at radius 1 is 1.02 bits per heavy atom. The highest BCUT2D eigenvalue weighted by molar-refractivity contribution is 7.89. The van der Waals surface area contributed by atoms with Crippen molar-refractivity contribution in [3.63, 3.8) is 0 Å². The van der Waals surface area contributed by atoms with Crippen LogP contribution in [0.4, 0.5) is 10.1 Å². The fourth-order valence-electron chi connectivity index (χ4n) is 7.07. The zero-order valence-corrected chi connectivity index (χ0v) is 29.9. The van der Waals surface area contributed by atoms with Gasteiger partial charge in [-0.25, -0.2) is 22.4 Å². The number of aryl methyl sites for hydroxylation is 1. The molecular formula is C35H36Cl2FN3O7S. The smallest absolute Gasteiger partial charge is 0.277 e. The molecule has 260 valence electrons. The van der Waals surface area contributed by atoms with Crippen molar-refractivity contribution in [1.29, 1.82) is 0 Å². The van der Waals surface area contributed by atoms with Gasteiger partial charge in [0.1, 0.15) is 17.0 Å². The Labute approximate surface area is 294 Å². The summed E-state index contributed by atoms with van der Waals surface area (Å²) in [6, 6.07) is 12.1. The van der Waals surface area contributed by atoms with E-state index < -0.39 is 62.4 Å². The number of amides is 4. The second kappa shape index (κ2) is 13.4. The van der Waals surface area contributed by atoms with Gasteiger partial charge in [0.15, 0.2) is 5.60 Å². The summed E-state index contributed by atoms with van der Waals surface area (Å²) < 4.78 is 47.6. The van der Waals surface area contributed by atoms with Gasteiger partial charge in [-0.15, -0.1) is 0 Å². The second-order valence-electron chi connectivity index (χ2n) is 12.4. The maximum absolute atomic E-state index is 15.2. The summed E-state index contributed by atoms with van der Waals surface area (Å²) in [5.41, 5.74) is -1.75. The number of sulfonamides is 1. The summed E-state index contributed by atoms with van der Waals surface area (Å²) in [6.07, 6.45) is 0.613.